The summed E-state index contributed by atoms with van der Waals surface area (Å²) in [6.45, 7) is 0. The number of fused-ring (bicyclic) bond motifs is 1. The molecule has 0 unspecified atom stereocenters. The highest BCUT2D eigenvalue weighted by molar-refractivity contribution is 7.22. The van der Waals surface area contributed by atoms with Crippen LogP contribution >= 0.6 is 11.3 Å². The summed E-state index contributed by atoms with van der Waals surface area (Å²) >= 11 is 1.53. The zero-order chi connectivity index (χ0) is 16.7. The molecule has 3 aromatic heterocycles. The second-order valence-corrected chi connectivity index (χ2v) is 6.38. The first-order chi connectivity index (χ1) is 11.6. The Bertz CT molecular complexity index is 1040. The van der Waals surface area contributed by atoms with E-state index in [-0.39, 0.29) is 5.75 Å². The molecule has 0 radical (unpaired) electrons. The molecule has 1 aromatic carbocycles. The van der Waals surface area contributed by atoms with Crippen LogP contribution in [-0.2, 0) is 7.05 Å². The Hall–Kier alpha value is -2.93. The van der Waals surface area contributed by atoms with Gasteiger partial charge >= 0.3 is 0 Å². The number of benzene rings is 1. The van der Waals surface area contributed by atoms with Crippen molar-refractivity contribution in [1.82, 2.24) is 14.8 Å². The monoisotopic (exact) mass is 340 g/mol. The van der Waals surface area contributed by atoms with Crippen molar-refractivity contribution in [2.24, 2.45) is 7.05 Å². The Balaban J connectivity index is 1.77. The van der Waals surface area contributed by atoms with Gasteiger partial charge in [-0.15, -0.1) is 11.3 Å². The Morgan fingerprint density at radius 1 is 1.21 bits per heavy atom. The first-order valence-electron chi connectivity index (χ1n) is 7.20. The molecule has 0 aliphatic carbocycles. The minimum atomic E-state index is -0.496. The minimum absolute atomic E-state index is 0.132. The normalized spacial score (nSPS) is 11.1. The van der Waals surface area contributed by atoms with Crippen LogP contribution < -0.4 is 10.5 Å². The Morgan fingerprint density at radius 2 is 2.08 bits per heavy atom. The largest absolute Gasteiger partial charge is 0.453 e. The molecule has 0 aliphatic heterocycles. The van der Waals surface area contributed by atoms with Gasteiger partial charge in [0.2, 0.25) is 0 Å². The number of hydrogen-bond donors (Lipinski definition) is 1. The summed E-state index contributed by atoms with van der Waals surface area (Å²) < 4.78 is 22.3. The van der Waals surface area contributed by atoms with Crippen LogP contribution in [0.15, 0.2) is 48.9 Å². The minimum Gasteiger partial charge on any atom is -0.453 e. The van der Waals surface area contributed by atoms with E-state index in [0.29, 0.717) is 11.4 Å². The van der Waals surface area contributed by atoms with E-state index < -0.39 is 5.82 Å². The molecule has 0 fully saturated rings. The van der Waals surface area contributed by atoms with Crippen molar-refractivity contribution >= 4 is 27.2 Å². The van der Waals surface area contributed by atoms with Crippen molar-refractivity contribution in [2.45, 2.75) is 0 Å². The highest BCUT2D eigenvalue weighted by atomic mass is 32.1. The van der Waals surface area contributed by atoms with Crippen molar-refractivity contribution < 1.29 is 9.13 Å². The maximum absolute atomic E-state index is 14.0. The third-order valence-electron chi connectivity index (χ3n) is 3.54. The molecule has 0 atom stereocenters. The molecule has 120 valence electrons. The van der Waals surface area contributed by atoms with Gasteiger partial charge in [0, 0.05) is 47.7 Å². The summed E-state index contributed by atoms with van der Waals surface area (Å²) in [4.78, 5) is 5.39. The van der Waals surface area contributed by atoms with E-state index in [4.69, 9.17) is 10.5 Å². The van der Waals surface area contributed by atoms with Gasteiger partial charge in [-0.2, -0.15) is 5.10 Å². The lowest BCUT2D eigenvalue weighted by atomic mass is 10.2. The summed E-state index contributed by atoms with van der Waals surface area (Å²) in [5, 5.41) is 4.18. The molecule has 24 heavy (non-hydrogen) atoms. The highest BCUT2D eigenvalue weighted by Gasteiger charge is 2.13. The predicted molar refractivity (Wildman–Crippen MR) is 92.7 cm³/mol. The maximum Gasteiger partial charge on any atom is 0.167 e. The van der Waals surface area contributed by atoms with Crippen LogP contribution in [0.4, 0.5) is 10.1 Å². The Labute approximate surface area is 141 Å². The number of nitrogen functional groups attached to an aromatic ring is 1. The molecule has 0 saturated heterocycles. The molecule has 5 nitrogen and oxygen atoms in total. The molecule has 0 bridgehead atoms. The quantitative estimate of drug-likeness (QED) is 0.567. The molecule has 4 rings (SSSR count). The first-order valence-corrected chi connectivity index (χ1v) is 8.02. The number of thiophene rings is 1. The highest BCUT2D eigenvalue weighted by Crippen LogP contribution is 2.39. The summed E-state index contributed by atoms with van der Waals surface area (Å²) in [6.07, 6.45) is 5.38. The second-order valence-electron chi connectivity index (χ2n) is 5.33. The molecular weight excluding hydrogens is 327 g/mol. The van der Waals surface area contributed by atoms with Crippen LogP contribution in [-0.4, -0.2) is 14.8 Å². The van der Waals surface area contributed by atoms with Gasteiger partial charge in [0.1, 0.15) is 5.75 Å². The van der Waals surface area contributed by atoms with Gasteiger partial charge in [-0.3, -0.25) is 9.67 Å². The van der Waals surface area contributed by atoms with Gasteiger partial charge in [0.25, 0.3) is 0 Å². The van der Waals surface area contributed by atoms with E-state index in [0.717, 1.165) is 20.7 Å². The molecular formula is C17H13FN4OS. The molecule has 7 heteroatoms. The first kappa shape index (κ1) is 14.6. The number of aryl methyl sites for hydroxylation is 1. The standard InChI is InChI=1S/C17H13FN4OS/c1-22-9-10(8-21-22)16-7-13-17(24-16)15(4-5-20-13)23-14-3-2-11(19)6-12(14)18/h2-9H,19H2,1H3. The fourth-order valence-corrected chi connectivity index (χ4v) is 3.44. The van der Waals surface area contributed by atoms with Gasteiger partial charge in [0.15, 0.2) is 11.6 Å². The smallest absolute Gasteiger partial charge is 0.167 e. The maximum atomic E-state index is 14.0. The van der Waals surface area contributed by atoms with Crippen LogP contribution in [0, 0.1) is 5.82 Å². The third-order valence-corrected chi connectivity index (χ3v) is 4.73. The lowest BCUT2D eigenvalue weighted by molar-refractivity contribution is 0.447. The van der Waals surface area contributed by atoms with Gasteiger partial charge in [0.05, 0.1) is 16.4 Å². The zero-order valence-corrected chi connectivity index (χ0v) is 13.5. The van der Waals surface area contributed by atoms with E-state index in [1.165, 1.54) is 23.5 Å². The van der Waals surface area contributed by atoms with Crippen molar-refractivity contribution in [1.29, 1.82) is 0 Å². The van der Waals surface area contributed by atoms with E-state index in [2.05, 4.69) is 10.1 Å². The number of halogens is 1. The number of anilines is 1. The summed E-state index contributed by atoms with van der Waals surface area (Å²) in [5.41, 5.74) is 7.73. The van der Waals surface area contributed by atoms with Gasteiger partial charge in [-0.25, -0.2) is 4.39 Å². The number of ether oxygens (including phenoxy) is 1. The van der Waals surface area contributed by atoms with E-state index >= 15 is 0 Å². The van der Waals surface area contributed by atoms with Gasteiger partial charge < -0.3 is 10.5 Å². The summed E-state index contributed by atoms with van der Waals surface area (Å²) in [5.74, 6) is 0.195. The molecule has 3 heterocycles. The Kier molecular flexibility index (Phi) is 3.42. The number of nitrogens with zero attached hydrogens (tertiary/aromatic N) is 3. The topological polar surface area (TPSA) is 66.0 Å². The van der Waals surface area contributed by atoms with Crippen LogP contribution in [0.25, 0.3) is 20.7 Å². The van der Waals surface area contributed by atoms with Crippen LogP contribution in [0.5, 0.6) is 11.5 Å². The van der Waals surface area contributed by atoms with E-state index in [1.54, 1.807) is 29.2 Å². The van der Waals surface area contributed by atoms with E-state index in [9.17, 15) is 4.39 Å². The molecule has 4 aromatic rings. The molecule has 0 amide bonds. The third kappa shape index (κ3) is 2.59. The fraction of sp³-hybridized carbons (Fsp3) is 0.0588. The van der Waals surface area contributed by atoms with Crippen molar-refractivity contribution in [3.63, 3.8) is 0 Å². The molecule has 0 spiro atoms. The lowest BCUT2D eigenvalue weighted by Crippen LogP contribution is -1.91. The summed E-state index contributed by atoms with van der Waals surface area (Å²) in [6, 6.07) is 8.06. The fourth-order valence-electron chi connectivity index (χ4n) is 2.40. The average molecular weight is 340 g/mol. The summed E-state index contributed by atoms with van der Waals surface area (Å²) in [7, 11) is 1.87. The van der Waals surface area contributed by atoms with Gasteiger partial charge in [-0.1, -0.05) is 0 Å². The Morgan fingerprint density at radius 3 is 2.83 bits per heavy atom. The number of nitrogens with two attached hydrogens (primary N) is 1. The van der Waals surface area contributed by atoms with Gasteiger partial charge in [-0.05, 0) is 18.2 Å². The molecule has 0 aliphatic rings. The van der Waals surface area contributed by atoms with Crippen molar-refractivity contribution in [2.75, 3.05) is 5.73 Å². The predicted octanol–water partition coefficient (Wildman–Crippen LogP) is 4.21. The number of rotatable bonds is 3. The SMILES string of the molecule is Cn1cc(-c2cc3nccc(Oc4ccc(N)cc4F)c3s2)cn1. The molecule has 0 saturated carbocycles. The lowest BCUT2D eigenvalue weighted by Gasteiger charge is -2.07. The molecule has 2 N–H and O–H groups in total. The van der Waals surface area contributed by atoms with E-state index in [1.807, 2.05) is 19.3 Å². The number of pyridine rings is 1. The van der Waals surface area contributed by atoms with Crippen LogP contribution in [0.3, 0.4) is 0 Å². The van der Waals surface area contributed by atoms with Crippen LogP contribution in [0.2, 0.25) is 0 Å². The van der Waals surface area contributed by atoms with Crippen molar-refractivity contribution in [3.8, 4) is 21.9 Å². The van der Waals surface area contributed by atoms with Crippen molar-refractivity contribution in [3.05, 3.63) is 54.7 Å². The van der Waals surface area contributed by atoms with Crippen LogP contribution in [0.1, 0.15) is 0 Å². The second kappa shape index (κ2) is 5.61. The number of aromatic nitrogens is 3. The number of hydrogen-bond acceptors (Lipinski definition) is 5. The average Bonchev–Trinajstić information content (AvgIpc) is 3.16. The zero-order valence-electron chi connectivity index (χ0n) is 12.7.